The minimum absolute atomic E-state index is 0.241. The molecule has 1 saturated carbocycles. The molecule has 0 atom stereocenters. The molecule has 0 aliphatic heterocycles. The summed E-state index contributed by atoms with van der Waals surface area (Å²) >= 11 is 0. The van der Waals surface area contributed by atoms with Crippen molar-refractivity contribution >= 4 is 5.91 Å². The standard InChI is InChI=1S/C15H14N4O2/c1-19-9-12(17-14(19)21)13(20)18-15(5-6-15)11-4-2-3-10(7-11)8-16/h2-4,7,9H,5-6H2,1H3,(H,17,21)(H,18,20). The normalized spacial score (nSPS) is 15.2. The van der Waals surface area contributed by atoms with E-state index >= 15 is 0 Å². The van der Waals surface area contributed by atoms with Gasteiger partial charge in [-0.2, -0.15) is 5.26 Å². The molecule has 0 spiro atoms. The largest absolute Gasteiger partial charge is 0.341 e. The lowest BCUT2D eigenvalue weighted by molar-refractivity contribution is 0.0926. The molecule has 0 bridgehead atoms. The first-order valence-corrected chi connectivity index (χ1v) is 6.63. The Kier molecular flexibility index (Phi) is 2.91. The van der Waals surface area contributed by atoms with Gasteiger partial charge in [-0.15, -0.1) is 0 Å². The average molecular weight is 282 g/mol. The van der Waals surface area contributed by atoms with Crippen LogP contribution in [0.15, 0.2) is 35.3 Å². The van der Waals surface area contributed by atoms with Crippen molar-refractivity contribution in [1.29, 1.82) is 5.26 Å². The summed E-state index contributed by atoms with van der Waals surface area (Å²) in [6, 6.07) is 9.34. The Morgan fingerprint density at radius 3 is 2.81 bits per heavy atom. The SMILES string of the molecule is Cn1cc(C(=O)NC2(c3cccc(C#N)c3)CC2)[nH]c1=O. The van der Waals surface area contributed by atoms with Gasteiger partial charge < -0.3 is 14.9 Å². The molecule has 1 aromatic heterocycles. The smallest absolute Gasteiger partial charge is 0.325 e. The number of carbonyl (C=O) groups excluding carboxylic acids is 1. The Morgan fingerprint density at radius 1 is 1.48 bits per heavy atom. The summed E-state index contributed by atoms with van der Waals surface area (Å²) < 4.78 is 1.32. The highest BCUT2D eigenvalue weighted by atomic mass is 16.2. The lowest BCUT2D eigenvalue weighted by atomic mass is 10.0. The van der Waals surface area contributed by atoms with Crippen LogP contribution in [-0.4, -0.2) is 15.5 Å². The number of nitrogens with zero attached hydrogens (tertiary/aromatic N) is 2. The van der Waals surface area contributed by atoms with E-state index in [1.54, 1.807) is 19.2 Å². The monoisotopic (exact) mass is 282 g/mol. The number of hydrogen-bond donors (Lipinski definition) is 2. The van der Waals surface area contributed by atoms with Crippen molar-refractivity contribution in [1.82, 2.24) is 14.9 Å². The van der Waals surface area contributed by atoms with Crippen LogP contribution in [0.5, 0.6) is 0 Å². The number of nitriles is 1. The second-order valence-electron chi connectivity index (χ2n) is 5.31. The molecular formula is C15H14N4O2. The lowest BCUT2D eigenvalue weighted by Crippen LogP contribution is -2.35. The maximum absolute atomic E-state index is 12.2. The maximum Gasteiger partial charge on any atom is 0.325 e. The molecule has 1 amide bonds. The van der Waals surface area contributed by atoms with Gasteiger partial charge in [-0.1, -0.05) is 12.1 Å². The van der Waals surface area contributed by atoms with Crippen molar-refractivity contribution in [2.75, 3.05) is 0 Å². The lowest BCUT2D eigenvalue weighted by Gasteiger charge is -2.17. The highest BCUT2D eigenvalue weighted by Gasteiger charge is 2.46. The summed E-state index contributed by atoms with van der Waals surface area (Å²) in [5.74, 6) is -0.312. The van der Waals surface area contributed by atoms with E-state index in [0.29, 0.717) is 5.56 Å². The minimum Gasteiger partial charge on any atom is -0.341 e. The number of aryl methyl sites for hydroxylation is 1. The molecule has 1 aliphatic carbocycles. The average Bonchev–Trinajstić information content (AvgIpc) is 3.19. The molecule has 3 rings (SSSR count). The summed E-state index contributed by atoms with van der Waals surface area (Å²) in [6.07, 6.45) is 3.12. The van der Waals surface area contributed by atoms with E-state index in [1.165, 1.54) is 10.8 Å². The minimum atomic E-state index is -0.420. The van der Waals surface area contributed by atoms with Crippen LogP contribution in [0.2, 0.25) is 0 Å². The van der Waals surface area contributed by atoms with Crippen LogP contribution < -0.4 is 11.0 Å². The predicted octanol–water partition coefficient (Wildman–Crippen LogP) is 1.00. The Balaban J connectivity index is 1.85. The summed E-state index contributed by atoms with van der Waals surface area (Å²) in [5, 5.41) is 11.9. The molecule has 21 heavy (non-hydrogen) atoms. The van der Waals surface area contributed by atoms with E-state index in [2.05, 4.69) is 16.4 Å². The highest BCUT2D eigenvalue weighted by Crippen LogP contribution is 2.45. The number of nitrogens with one attached hydrogen (secondary N) is 2. The second kappa shape index (κ2) is 4.63. The molecule has 2 N–H and O–H groups in total. The second-order valence-corrected chi connectivity index (χ2v) is 5.31. The van der Waals surface area contributed by atoms with Gasteiger partial charge in [0.25, 0.3) is 5.91 Å². The van der Waals surface area contributed by atoms with Gasteiger partial charge in [0.2, 0.25) is 0 Å². The number of benzene rings is 1. The third-order valence-corrected chi connectivity index (χ3v) is 3.78. The number of aromatic nitrogens is 2. The number of carbonyl (C=O) groups is 1. The first-order chi connectivity index (χ1) is 10.0. The molecule has 0 radical (unpaired) electrons. The summed E-state index contributed by atoms with van der Waals surface area (Å²) in [6.45, 7) is 0. The number of aromatic amines is 1. The summed E-state index contributed by atoms with van der Waals surface area (Å²) in [4.78, 5) is 26.1. The number of H-pyrrole nitrogens is 1. The van der Waals surface area contributed by atoms with E-state index < -0.39 is 5.54 Å². The zero-order valence-electron chi connectivity index (χ0n) is 11.5. The van der Waals surface area contributed by atoms with Crippen molar-refractivity contribution in [3.63, 3.8) is 0 Å². The van der Waals surface area contributed by atoms with E-state index in [9.17, 15) is 9.59 Å². The van der Waals surface area contributed by atoms with E-state index in [4.69, 9.17) is 5.26 Å². The first-order valence-electron chi connectivity index (χ1n) is 6.63. The topological polar surface area (TPSA) is 90.7 Å². The van der Waals surface area contributed by atoms with Crippen LogP contribution in [-0.2, 0) is 12.6 Å². The van der Waals surface area contributed by atoms with Crippen LogP contribution in [0, 0.1) is 11.3 Å². The van der Waals surface area contributed by atoms with Crippen LogP contribution >= 0.6 is 0 Å². The number of hydrogen-bond acceptors (Lipinski definition) is 3. The third-order valence-electron chi connectivity index (χ3n) is 3.78. The maximum atomic E-state index is 12.2. The Morgan fingerprint density at radius 2 is 2.24 bits per heavy atom. The predicted molar refractivity (Wildman–Crippen MR) is 75.6 cm³/mol. The quantitative estimate of drug-likeness (QED) is 0.880. The van der Waals surface area contributed by atoms with Crippen molar-refractivity contribution < 1.29 is 4.79 Å². The van der Waals surface area contributed by atoms with Gasteiger partial charge in [0.15, 0.2) is 0 Å². The van der Waals surface area contributed by atoms with Crippen LogP contribution in [0.3, 0.4) is 0 Å². The van der Waals surface area contributed by atoms with Gasteiger partial charge in [-0.05, 0) is 30.5 Å². The fourth-order valence-electron chi connectivity index (χ4n) is 2.39. The molecule has 1 fully saturated rings. The van der Waals surface area contributed by atoms with Gasteiger partial charge >= 0.3 is 5.69 Å². The summed E-state index contributed by atoms with van der Waals surface area (Å²) in [7, 11) is 1.58. The van der Waals surface area contributed by atoms with Crippen LogP contribution in [0.1, 0.15) is 34.5 Å². The van der Waals surface area contributed by atoms with Gasteiger partial charge in [0, 0.05) is 13.2 Å². The third kappa shape index (κ3) is 2.34. The van der Waals surface area contributed by atoms with Crippen molar-refractivity contribution in [3.05, 3.63) is 57.8 Å². The Bertz CT molecular complexity index is 806. The highest BCUT2D eigenvalue weighted by molar-refractivity contribution is 5.93. The zero-order chi connectivity index (χ0) is 15.0. The molecule has 1 aliphatic rings. The van der Waals surface area contributed by atoms with Gasteiger partial charge in [0.05, 0.1) is 17.2 Å². The first kappa shape index (κ1) is 13.2. The molecule has 0 unspecified atom stereocenters. The van der Waals surface area contributed by atoms with Crippen molar-refractivity contribution in [2.45, 2.75) is 18.4 Å². The fourth-order valence-corrected chi connectivity index (χ4v) is 2.39. The fraction of sp³-hybridized carbons (Fsp3) is 0.267. The summed E-state index contributed by atoms with van der Waals surface area (Å²) in [5.41, 5.74) is 0.993. The Hall–Kier alpha value is -2.81. The zero-order valence-corrected chi connectivity index (χ0v) is 11.5. The van der Waals surface area contributed by atoms with Crippen molar-refractivity contribution in [2.24, 2.45) is 7.05 Å². The van der Waals surface area contributed by atoms with Crippen LogP contribution in [0.4, 0.5) is 0 Å². The number of imidazole rings is 1. The molecule has 106 valence electrons. The number of amides is 1. The van der Waals surface area contributed by atoms with E-state index in [-0.39, 0.29) is 17.3 Å². The molecule has 1 aromatic carbocycles. The van der Waals surface area contributed by atoms with Crippen LogP contribution in [0.25, 0.3) is 0 Å². The molecule has 0 saturated heterocycles. The molecule has 6 heteroatoms. The molecule has 6 nitrogen and oxygen atoms in total. The molecule has 2 aromatic rings. The van der Waals surface area contributed by atoms with E-state index in [0.717, 1.165) is 18.4 Å². The van der Waals surface area contributed by atoms with Crippen molar-refractivity contribution in [3.8, 4) is 6.07 Å². The molecular weight excluding hydrogens is 268 g/mol. The van der Waals surface area contributed by atoms with Gasteiger partial charge in [-0.3, -0.25) is 4.79 Å². The van der Waals surface area contributed by atoms with Gasteiger partial charge in [0.1, 0.15) is 5.69 Å². The number of rotatable bonds is 3. The molecule has 1 heterocycles. The van der Waals surface area contributed by atoms with E-state index in [1.807, 2.05) is 12.1 Å². The van der Waals surface area contributed by atoms with Gasteiger partial charge in [-0.25, -0.2) is 4.79 Å². The Labute approximate surface area is 121 Å².